The summed E-state index contributed by atoms with van der Waals surface area (Å²) < 4.78 is 4.97. The number of nitrogens with two attached hydrogens (primary N) is 3. The standard InChI is InChI=1S/C12H15N3O4S/c13-6-1-2-7(11(16)17)9(5-6)19-12(18)8(14)3-4-10(15)20/h1-2,5,8H,3-4,13-14H2,(H2,15,20)(H,16,17). The zero-order valence-corrected chi connectivity index (χ0v) is 11.4. The number of esters is 1. The van der Waals surface area contributed by atoms with E-state index in [0.29, 0.717) is 6.42 Å². The molecule has 0 bridgehead atoms. The van der Waals surface area contributed by atoms with E-state index < -0.39 is 18.0 Å². The number of carbonyl (C=O) groups is 2. The Morgan fingerprint density at radius 2 is 2.05 bits per heavy atom. The van der Waals surface area contributed by atoms with Gasteiger partial charge in [0.1, 0.15) is 17.4 Å². The van der Waals surface area contributed by atoms with Gasteiger partial charge in [-0.2, -0.15) is 0 Å². The van der Waals surface area contributed by atoms with E-state index in [-0.39, 0.29) is 28.4 Å². The molecular formula is C12H15N3O4S. The molecule has 108 valence electrons. The lowest BCUT2D eigenvalue weighted by molar-refractivity contribution is -0.135. The van der Waals surface area contributed by atoms with Gasteiger partial charge in [0.05, 0.1) is 4.99 Å². The average molecular weight is 297 g/mol. The van der Waals surface area contributed by atoms with Crippen LogP contribution in [0.2, 0.25) is 0 Å². The van der Waals surface area contributed by atoms with Gasteiger partial charge in [-0.05, 0) is 25.0 Å². The Labute approximate surface area is 120 Å². The van der Waals surface area contributed by atoms with Gasteiger partial charge in [-0.1, -0.05) is 12.2 Å². The minimum absolute atomic E-state index is 0.145. The van der Waals surface area contributed by atoms with Gasteiger partial charge in [0.25, 0.3) is 0 Å². The fraction of sp³-hybridized carbons (Fsp3) is 0.250. The van der Waals surface area contributed by atoms with Gasteiger partial charge in [0.2, 0.25) is 0 Å². The molecular weight excluding hydrogens is 282 g/mol. The highest BCUT2D eigenvalue weighted by Crippen LogP contribution is 2.22. The van der Waals surface area contributed by atoms with E-state index >= 15 is 0 Å². The molecule has 0 aromatic heterocycles. The number of anilines is 1. The predicted molar refractivity (Wildman–Crippen MR) is 77.4 cm³/mol. The minimum atomic E-state index is -1.23. The van der Waals surface area contributed by atoms with Crippen LogP contribution in [0.4, 0.5) is 5.69 Å². The Balaban J connectivity index is 2.81. The van der Waals surface area contributed by atoms with Gasteiger partial charge in [-0.25, -0.2) is 9.59 Å². The van der Waals surface area contributed by atoms with Crippen molar-refractivity contribution in [3.05, 3.63) is 23.8 Å². The van der Waals surface area contributed by atoms with Gasteiger partial charge < -0.3 is 27.0 Å². The van der Waals surface area contributed by atoms with Crippen molar-refractivity contribution >= 4 is 34.8 Å². The first-order valence-electron chi connectivity index (χ1n) is 5.69. The summed E-state index contributed by atoms with van der Waals surface area (Å²) >= 11 is 4.68. The molecule has 0 saturated carbocycles. The Hall–Kier alpha value is -2.19. The van der Waals surface area contributed by atoms with Crippen LogP contribution in [-0.4, -0.2) is 28.1 Å². The monoisotopic (exact) mass is 297 g/mol. The smallest absolute Gasteiger partial charge is 0.339 e. The lowest BCUT2D eigenvalue weighted by atomic mass is 10.1. The molecule has 20 heavy (non-hydrogen) atoms. The number of carboxylic acids is 1. The summed E-state index contributed by atoms with van der Waals surface area (Å²) in [6.45, 7) is 0. The van der Waals surface area contributed by atoms with Gasteiger partial charge in [0.15, 0.2) is 0 Å². The zero-order valence-electron chi connectivity index (χ0n) is 10.5. The molecule has 0 saturated heterocycles. The van der Waals surface area contributed by atoms with Crippen LogP contribution in [0.1, 0.15) is 23.2 Å². The SMILES string of the molecule is NC(=S)CCC(N)C(=O)Oc1cc(N)ccc1C(=O)O. The Morgan fingerprint density at radius 3 is 2.60 bits per heavy atom. The van der Waals surface area contributed by atoms with Gasteiger partial charge >= 0.3 is 11.9 Å². The Morgan fingerprint density at radius 1 is 1.40 bits per heavy atom. The molecule has 0 aliphatic heterocycles. The number of aromatic carboxylic acids is 1. The van der Waals surface area contributed by atoms with Crippen LogP contribution in [-0.2, 0) is 4.79 Å². The van der Waals surface area contributed by atoms with Crippen molar-refractivity contribution in [2.75, 3.05) is 5.73 Å². The number of carbonyl (C=O) groups excluding carboxylic acids is 1. The lowest BCUT2D eigenvalue weighted by Crippen LogP contribution is -2.35. The highest BCUT2D eigenvalue weighted by atomic mass is 32.1. The lowest BCUT2D eigenvalue weighted by Gasteiger charge is -2.12. The number of ether oxygens (including phenoxy) is 1. The van der Waals surface area contributed by atoms with Crippen LogP contribution in [0, 0.1) is 0 Å². The van der Waals surface area contributed by atoms with E-state index in [1.54, 1.807) is 0 Å². The second-order valence-corrected chi connectivity index (χ2v) is 4.62. The first kappa shape index (κ1) is 15.9. The second-order valence-electron chi connectivity index (χ2n) is 4.09. The van der Waals surface area contributed by atoms with Crippen molar-refractivity contribution in [3.8, 4) is 5.75 Å². The van der Waals surface area contributed by atoms with E-state index in [0.717, 1.165) is 0 Å². The summed E-state index contributed by atoms with van der Waals surface area (Å²) in [6.07, 6.45) is 0.521. The van der Waals surface area contributed by atoms with E-state index in [1.807, 2.05) is 0 Å². The fourth-order valence-corrected chi connectivity index (χ4v) is 1.52. The van der Waals surface area contributed by atoms with Crippen LogP contribution in [0.25, 0.3) is 0 Å². The first-order chi connectivity index (χ1) is 9.31. The van der Waals surface area contributed by atoms with Gasteiger partial charge in [0, 0.05) is 11.8 Å². The van der Waals surface area contributed by atoms with Crippen molar-refractivity contribution < 1.29 is 19.4 Å². The predicted octanol–water partition coefficient (Wildman–Crippen LogP) is 0.266. The number of benzene rings is 1. The molecule has 7 nitrogen and oxygen atoms in total. The van der Waals surface area contributed by atoms with E-state index in [2.05, 4.69) is 12.2 Å². The number of hydrogen-bond donors (Lipinski definition) is 4. The molecule has 0 fully saturated rings. The second kappa shape index (κ2) is 6.83. The molecule has 0 radical (unpaired) electrons. The van der Waals surface area contributed by atoms with Crippen molar-refractivity contribution in [3.63, 3.8) is 0 Å². The molecule has 0 aliphatic carbocycles. The first-order valence-corrected chi connectivity index (χ1v) is 6.10. The summed E-state index contributed by atoms with van der Waals surface area (Å²) in [5, 5.41) is 8.99. The summed E-state index contributed by atoms with van der Waals surface area (Å²) in [5.41, 5.74) is 16.5. The molecule has 7 N–H and O–H groups in total. The number of carboxylic acid groups (broad SMARTS) is 1. The molecule has 1 rings (SSSR count). The van der Waals surface area contributed by atoms with E-state index in [4.69, 9.17) is 27.0 Å². The molecule has 1 unspecified atom stereocenters. The van der Waals surface area contributed by atoms with E-state index in [9.17, 15) is 9.59 Å². The van der Waals surface area contributed by atoms with Crippen LogP contribution in [0.5, 0.6) is 5.75 Å². The quantitative estimate of drug-likeness (QED) is 0.253. The van der Waals surface area contributed by atoms with Crippen LogP contribution in [0.3, 0.4) is 0 Å². The van der Waals surface area contributed by atoms with Crippen LogP contribution in [0.15, 0.2) is 18.2 Å². The topological polar surface area (TPSA) is 142 Å². The number of thiocarbonyl (C=S) groups is 1. The highest BCUT2D eigenvalue weighted by molar-refractivity contribution is 7.80. The molecule has 0 heterocycles. The average Bonchev–Trinajstić information content (AvgIpc) is 2.35. The van der Waals surface area contributed by atoms with E-state index in [1.165, 1.54) is 18.2 Å². The maximum absolute atomic E-state index is 11.7. The van der Waals surface area contributed by atoms with Gasteiger partial charge in [-0.3, -0.25) is 0 Å². The number of hydrogen-bond acceptors (Lipinski definition) is 6. The molecule has 1 atom stereocenters. The summed E-state index contributed by atoms with van der Waals surface area (Å²) in [5.74, 6) is -2.15. The largest absolute Gasteiger partial charge is 0.478 e. The van der Waals surface area contributed by atoms with Crippen molar-refractivity contribution in [2.24, 2.45) is 11.5 Å². The molecule has 0 spiro atoms. The number of nitrogen functional groups attached to an aromatic ring is 1. The molecule has 0 amide bonds. The third kappa shape index (κ3) is 4.48. The van der Waals surface area contributed by atoms with Gasteiger partial charge in [-0.15, -0.1) is 0 Å². The Bertz CT molecular complexity index is 548. The zero-order chi connectivity index (χ0) is 15.3. The highest BCUT2D eigenvalue weighted by Gasteiger charge is 2.20. The molecule has 0 aliphatic rings. The number of rotatable bonds is 6. The molecule has 1 aromatic carbocycles. The molecule has 8 heteroatoms. The maximum Gasteiger partial charge on any atom is 0.339 e. The van der Waals surface area contributed by atoms with Crippen molar-refractivity contribution in [2.45, 2.75) is 18.9 Å². The van der Waals surface area contributed by atoms with Crippen molar-refractivity contribution in [1.29, 1.82) is 0 Å². The summed E-state index contributed by atoms with van der Waals surface area (Å²) in [4.78, 5) is 23.0. The normalized spacial score (nSPS) is 11.7. The van der Waals surface area contributed by atoms with Crippen LogP contribution < -0.4 is 21.9 Å². The fourth-order valence-electron chi connectivity index (χ4n) is 1.40. The third-order valence-corrected chi connectivity index (χ3v) is 2.66. The third-order valence-electron chi connectivity index (χ3n) is 2.45. The Kier molecular flexibility index (Phi) is 5.42. The molecule has 1 aromatic rings. The maximum atomic E-state index is 11.7. The summed E-state index contributed by atoms with van der Waals surface area (Å²) in [6, 6.07) is 2.95. The minimum Gasteiger partial charge on any atom is -0.478 e. The summed E-state index contributed by atoms with van der Waals surface area (Å²) in [7, 11) is 0. The van der Waals surface area contributed by atoms with Crippen LogP contribution >= 0.6 is 12.2 Å². The van der Waals surface area contributed by atoms with Crippen molar-refractivity contribution in [1.82, 2.24) is 0 Å².